The average molecular weight is 477 g/mol. The van der Waals surface area contributed by atoms with Crippen LogP contribution in [0.3, 0.4) is 0 Å². The van der Waals surface area contributed by atoms with Gasteiger partial charge in [-0.25, -0.2) is 0 Å². The van der Waals surface area contributed by atoms with E-state index in [1.165, 1.54) is 108 Å². The predicted octanol–water partition coefficient (Wildman–Crippen LogP) is 9.62. The molecule has 0 aliphatic carbocycles. The van der Waals surface area contributed by atoms with E-state index in [1.54, 1.807) is 0 Å². The van der Waals surface area contributed by atoms with Gasteiger partial charge in [-0.3, -0.25) is 0 Å². The van der Waals surface area contributed by atoms with Crippen LogP contribution in [0, 0.1) is 0 Å². The van der Waals surface area contributed by atoms with Gasteiger partial charge in [0.25, 0.3) is 0 Å². The van der Waals surface area contributed by atoms with Gasteiger partial charge in [-0.1, -0.05) is 128 Å². The molecule has 3 heteroatoms. The standard InChI is InChI=1S/C31H56O3/c1-3-5-7-9-14-21-27-33-31(34-28-22-15-10-8-6-4-2)25-19-12-11-13-20-26-32-29-30-23-17-16-18-24-30/h16-18,23-24,31H,3-15,19-22,25-29H2,1-2H3. The zero-order valence-electron chi connectivity index (χ0n) is 22.7. The molecule has 0 N–H and O–H groups in total. The van der Waals surface area contributed by atoms with Crippen LogP contribution in [-0.2, 0) is 20.8 Å². The topological polar surface area (TPSA) is 27.7 Å². The first-order valence-electron chi connectivity index (χ1n) is 14.7. The Morgan fingerprint density at radius 2 is 1.00 bits per heavy atom. The van der Waals surface area contributed by atoms with Crippen LogP contribution in [-0.4, -0.2) is 26.1 Å². The molecule has 1 aromatic rings. The first kappa shape index (κ1) is 31.1. The molecule has 3 nitrogen and oxygen atoms in total. The van der Waals surface area contributed by atoms with Crippen molar-refractivity contribution in [3.8, 4) is 0 Å². The maximum atomic E-state index is 6.15. The lowest BCUT2D eigenvalue weighted by Gasteiger charge is -2.19. The lowest BCUT2D eigenvalue weighted by atomic mass is 10.1. The van der Waals surface area contributed by atoms with Gasteiger partial charge >= 0.3 is 0 Å². The summed E-state index contributed by atoms with van der Waals surface area (Å²) in [6.45, 7) is 7.84. The third kappa shape index (κ3) is 20.5. The molecule has 0 heterocycles. The lowest BCUT2D eigenvalue weighted by molar-refractivity contribution is -0.148. The molecule has 1 rings (SSSR count). The van der Waals surface area contributed by atoms with Gasteiger partial charge in [-0.15, -0.1) is 0 Å². The molecule has 0 saturated heterocycles. The molecule has 0 aromatic heterocycles. The van der Waals surface area contributed by atoms with Crippen LogP contribution in [0.5, 0.6) is 0 Å². The molecular weight excluding hydrogens is 420 g/mol. The summed E-state index contributed by atoms with van der Waals surface area (Å²) in [4.78, 5) is 0. The molecule has 0 aliphatic heterocycles. The van der Waals surface area contributed by atoms with E-state index in [-0.39, 0.29) is 6.29 Å². The Balaban J connectivity index is 2.06. The van der Waals surface area contributed by atoms with E-state index < -0.39 is 0 Å². The maximum Gasteiger partial charge on any atom is 0.157 e. The van der Waals surface area contributed by atoms with Gasteiger partial charge in [0.05, 0.1) is 6.61 Å². The Hall–Kier alpha value is -0.900. The van der Waals surface area contributed by atoms with Crippen LogP contribution in [0.2, 0.25) is 0 Å². The van der Waals surface area contributed by atoms with Crippen LogP contribution < -0.4 is 0 Å². The molecule has 0 atom stereocenters. The van der Waals surface area contributed by atoms with Crippen molar-refractivity contribution in [2.75, 3.05) is 19.8 Å². The van der Waals surface area contributed by atoms with Crippen molar-refractivity contribution < 1.29 is 14.2 Å². The van der Waals surface area contributed by atoms with E-state index in [4.69, 9.17) is 14.2 Å². The summed E-state index contributed by atoms with van der Waals surface area (Å²) in [5, 5.41) is 0. The molecule has 0 fully saturated rings. The highest BCUT2D eigenvalue weighted by molar-refractivity contribution is 5.13. The second kappa shape index (κ2) is 25.2. The largest absolute Gasteiger partial charge is 0.377 e. The molecular formula is C31H56O3. The smallest absolute Gasteiger partial charge is 0.157 e. The third-order valence-corrected chi connectivity index (χ3v) is 6.44. The molecule has 0 aliphatic rings. The molecule has 0 bridgehead atoms. The van der Waals surface area contributed by atoms with Gasteiger partial charge < -0.3 is 14.2 Å². The maximum absolute atomic E-state index is 6.15. The highest BCUT2D eigenvalue weighted by Gasteiger charge is 2.09. The molecule has 0 radical (unpaired) electrons. The molecule has 0 spiro atoms. The zero-order valence-corrected chi connectivity index (χ0v) is 22.7. The van der Waals surface area contributed by atoms with E-state index in [0.717, 1.165) is 39.3 Å². The minimum Gasteiger partial charge on any atom is -0.377 e. The van der Waals surface area contributed by atoms with Gasteiger partial charge in [0.2, 0.25) is 0 Å². The highest BCUT2D eigenvalue weighted by Crippen LogP contribution is 2.14. The Labute approximate surface area is 212 Å². The van der Waals surface area contributed by atoms with Gasteiger partial charge in [0.1, 0.15) is 0 Å². The first-order valence-corrected chi connectivity index (χ1v) is 14.7. The summed E-state index contributed by atoms with van der Waals surface area (Å²) in [6.07, 6.45) is 22.9. The fourth-order valence-electron chi connectivity index (χ4n) is 4.22. The second-order valence-electron chi connectivity index (χ2n) is 9.80. The van der Waals surface area contributed by atoms with E-state index in [2.05, 4.69) is 38.1 Å². The average Bonchev–Trinajstić information content (AvgIpc) is 2.86. The summed E-state index contributed by atoms with van der Waals surface area (Å²) in [6, 6.07) is 10.4. The number of unbranched alkanes of at least 4 members (excludes halogenated alkanes) is 14. The summed E-state index contributed by atoms with van der Waals surface area (Å²) >= 11 is 0. The van der Waals surface area contributed by atoms with Crippen LogP contribution in [0.1, 0.15) is 135 Å². The fourth-order valence-corrected chi connectivity index (χ4v) is 4.22. The molecule has 0 saturated carbocycles. The summed E-state index contributed by atoms with van der Waals surface area (Å²) in [5.41, 5.74) is 1.26. The van der Waals surface area contributed by atoms with Crippen molar-refractivity contribution >= 4 is 0 Å². The van der Waals surface area contributed by atoms with Gasteiger partial charge in [0, 0.05) is 19.8 Å². The molecule has 1 aromatic carbocycles. The quantitative estimate of drug-likeness (QED) is 0.0983. The van der Waals surface area contributed by atoms with Crippen LogP contribution in [0.4, 0.5) is 0 Å². The Bertz CT molecular complexity index is 487. The van der Waals surface area contributed by atoms with Crippen molar-refractivity contribution in [2.24, 2.45) is 0 Å². The van der Waals surface area contributed by atoms with Crippen molar-refractivity contribution in [2.45, 2.75) is 142 Å². The number of benzene rings is 1. The minimum atomic E-state index is 0.000453. The van der Waals surface area contributed by atoms with Crippen LogP contribution in [0.15, 0.2) is 30.3 Å². The van der Waals surface area contributed by atoms with E-state index in [0.29, 0.717) is 0 Å². The van der Waals surface area contributed by atoms with Crippen LogP contribution >= 0.6 is 0 Å². The van der Waals surface area contributed by atoms with Gasteiger partial charge in [-0.2, -0.15) is 0 Å². The zero-order chi connectivity index (χ0) is 24.4. The van der Waals surface area contributed by atoms with Crippen molar-refractivity contribution in [3.63, 3.8) is 0 Å². The van der Waals surface area contributed by atoms with Crippen molar-refractivity contribution in [1.29, 1.82) is 0 Å². The van der Waals surface area contributed by atoms with Crippen LogP contribution in [0.25, 0.3) is 0 Å². The lowest BCUT2D eigenvalue weighted by Crippen LogP contribution is -2.19. The van der Waals surface area contributed by atoms with E-state index >= 15 is 0 Å². The second-order valence-corrected chi connectivity index (χ2v) is 9.80. The van der Waals surface area contributed by atoms with Gasteiger partial charge in [-0.05, 0) is 37.7 Å². The molecule has 0 amide bonds. The molecule has 0 unspecified atom stereocenters. The summed E-state index contributed by atoms with van der Waals surface area (Å²) in [5.74, 6) is 0. The molecule has 34 heavy (non-hydrogen) atoms. The van der Waals surface area contributed by atoms with Crippen molar-refractivity contribution in [3.05, 3.63) is 35.9 Å². The Kier molecular flexibility index (Phi) is 23.1. The summed E-state index contributed by atoms with van der Waals surface area (Å²) in [7, 11) is 0. The SMILES string of the molecule is CCCCCCCCOC(CCCCCCCOCc1ccccc1)OCCCCCCCC. The van der Waals surface area contributed by atoms with E-state index in [1.807, 2.05) is 6.07 Å². The van der Waals surface area contributed by atoms with E-state index in [9.17, 15) is 0 Å². The normalized spacial score (nSPS) is 11.5. The number of ether oxygens (including phenoxy) is 3. The minimum absolute atomic E-state index is 0.000453. The Morgan fingerprint density at radius 3 is 1.56 bits per heavy atom. The third-order valence-electron chi connectivity index (χ3n) is 6.44. The number of hydrogen-bond acceptors (Lipinski definition) is 3. The highest BCUT2D eigenvalue weighted by atomic mass is 16.7. The predicted molar refractivity (Wildman–Crippen MR) is 146 cm³/mol. The van der Waals surface area contributed by atoms with Gasteiger partial charge in [0.15, 0.2) is 6.29 Å². The molecule has 198 valence electrons. The number of rotatable bonds is 26. The monoisotopic (exact) mass is 476 g/mol. The first-order chi connectivity index (χ1) is 16.9. The fraction of sp³-hybridized carbons (Fsp3) is 0.806. The van der Waals surface area contributed by atoms with Crippen molar-refractivity contribution in [1.82, 2.24) is 0 Å². The number of hydrogen-bond donors (Lipinski definition) is 0. The Morgan fingerprint density at radius 1 is 0.529 bits per heavy atom. The summed E-state index contributed by atoms with van der Waals surface area (Å²) < 4.78 is 18.1.